The molecule has 0 fully saturated rings. The third kappa shape index (κ3) is 5.75. The van der Waals surface area contributed by atoms with Gasteiger partial charge >= 0.3 is 0 Å². The Hall–Kier alpha value is -1.01. The van der Waals surface area contributed by atoms with Gasteiger partial charge in [-0.05, 0) is 12.8 Å². The minimum absolute atomic E-state index is 0.113. The molecule has 0 radical (unpaired) electrons. The van der Waals surface area contributed by atoms with Gasteiger partial charge in [0, 0.05) is 6.54 Å². The van der Waals surface area contributed by atoms with Gasteiger partial charge in [0.15, 0.2) is 0 Å². The Bertz CT molecular complexity index is 172. The lowest BCUT2D eigenvalue weighted by atomic mass is 10.2. The molecular formula is C9H15NO2. The lowest BCUT2D eigenvalue weighted by molar-refractivity contribution is -0.120. The number of rotatable bonds is 5. The molecule has 2 N–H and O–H groups in total. The molecule has 1 atom stereocenters. The van der Waals surface area contributed by atoms with Crippen molar-refractivity contribution in [3.63, 3.8) is 0 Å². The first-order chi connectivity index (χ1) is 5.70. The molecule has 0 bridgehead atoms. The molecule has 3 nitrogen and oxygen atoms in total. The third-order valence-corrected chi connectivity index (χ3v) is 1.53. The van der Waals surface area contributed by atoms with Gasteiger partial charge < -0.3 is 10.4 Å². The van der Waals surface area contributed by atoms with Crippen LogP contribution >= 0.6 is 0 Å². The first-order valence-electron chi connectivity index (χ1n) is 4.09. The lowest BCUT2D eigenvalue weighted by Gasteiger charge is -2.07. The number of hydrogen-bond donors (Lipinski definition) is 2. The second-order valence-corrected chi connectivity index (χ2v) is 2.58. The zero-order chi connectivity index (χ0) is 9.40. The van der Waals surface area contributed by atoms with Gasteiger partial charge in [-0.1, -0.05) is 12.8 Å². The Balaban J connectivity index is 3.32. The van der Waals surface area contributed by atoms with E-state index in [1.54, 1.807) is 0 Å². The molecule has 0 saturated heterocycles. The van der Waals surface area contributed by atoms with Crippen molar-refractivity contribution in [3.05, 3.63) is 0 Å². The maximum absolute atomic E-state index is 10.8. The van der Waals surface area contributed by atoms with E-state index in [0.29, 0.717) is 19.4 Å². The van der Waals surface area contributed by atoms with Crippen molar-refractivity contribution in [1.82, 2.24) is 5.32 Å². The van der Waals surface area contributed by atoms with Gasteiger partial charge in [0.2, 0.25) is 5.91 Å². The van der Waals surface area contributed by atoms with E-state index in [1.165, 1.54) is 0 Å². The molecule has 1 amide bonds. The van der Waals surface area contributed by atoms with Crippen molar-refractivity contribution in [3.8, 4) is 12.3 Å². The van der Waals surface area contributed by atoms with Crippen LogP contribution < -0.4 is 5.32 Å². The van der Waals surface area contributed by atoms with Crippen LogP contribution in [-0.4, -0.2) is 23.7 Å². The number of carbonyl (C=O) groups is 1. The molecule has 0 spiro atoms. The fourth-order valence-corrected chi connectivity index (χ4v) is 0.738. The molecular weight excluding hydrogens is 154 g/mol. The monoisotopic (exact) mass is 169 g/mol. The second kappa shape index (κ2) is 6.68. The SMILES string of the molecule is C#CCC(=O)NCCC(O)CC. The Morgan fingerprint density at radius 2 is 2.42 bits per heavy atom. The van der Waals surface area contributed by atoms with Crippen LogP contribution in [0.1, 0.15) is 26.2 Å². The van der Waals surface area contributed by atoms with Crippen molar-refractivity contribution in [2.45, 2.75) is 32.3 Å². The van der Waals surface area contributed by atoms with Gasteiger partial charge in [-0.3, -0.25) is 4.79 Å². The highest BCUT2D eigenvalue weighted by Gasteiger charge is 2.01. The predicted octanol–water partition coefficient (Wildman–Crippen LogP) is 0.287. The molecule has 3 heteroatoms. The Morgan fingerprint density at radius 1 is 1.75 bits per heavy atom. The van der Waals surface area contributed by atoms with Crippen LogP contribution in [0.25, 0.3) is 0 Å². The first kappa shape index (κ1) is 11.0. The van der Waals surface area contributed by atoms with Crippen LogP contribution in [0.2, 0.25) is 0 Å². The van der Waals surface area contributed by atoms with E-state index in [2.05, 4.69) is 11.2 Å². The van der Waals surface area contributed by atoms with Gasteiger partial charge in [0.05, 0.1) is 12.5 Å². The van der Waals surface area contributed by atoms with E-state index in [1.807, 2.05) is 6.92 Å². The Morgan fingerprint density at radius 3 is 2.92 bits per heavy atom. The average Bonchev–Trinajstić information content (AvgIpc) is 2.04. The standard InChI is InChI=1S/C9H15NO2/c1-3-5-9(12)10-7-6-8(11)4-2/h1,8,11H,4-7H2,2H3,(H,10,12). The Kier molecular flexibility index (Phi) is 6.12. The molecule has 68 valence electrons. The number of terminal acetylenes is 1. The molecule has 0 heterocycles. The minimum Gasteiger partial charge on any atom is -0.393 e. The second-order valence-electron chi connectivity index (χ2n) is 2.58. The van der Waals surface area contributed by atoms with Gasteiger partial charge in [-0.25, -0.2) is 0 Å². The van der Waals surface area contributed by atoms with E-state index in [9.17, 15) is 4.79 Å². The van der Waals surface area contributed by atoms with Crippen LogP contribution in [0.5, 0.6) is 0 Å². The molecule has 0 aliphatic heterocycles. The average molecular weight is 169 g/mol. The number of nitrogens with one attached hydrogen (secondary N) is 1. The van der Waals surface area contributed by atoms with E-state index in [4.69, 9.17) is 11.5 Å². The van der Waals surface area contributed by atoms with Crippen molar-refractivity contribution in [2.75, 3.05) is 6.54 Å². The van der Waals surface area contributed by atoms with Gasteiger partial charge in [-0.15, -0.1) is 6.42 Å². The molecule has 0 saturated carbocycles. The number of hydrogen-bond acceptors (Lipinski definition) is 2. The van der Waals surface area contributed by atoms with Crippen LogP contribution in [0.3, 0.4) is 0 Å². The number of aliphatic hydroxyl groups is 1. The molecule has 0 aromatic carbocycles. The highest BCUT2D eigenvalue weighted by Crippen LogP contribution is 1.94. The fraction of sp³-hybridized carbons (Fsp3) is 0.667. The summed E-state index contributed by atoms with van der Waals surface area (Å²) in [4.78, 5) is 10.8. The lowest BCUT2D eigenvalue weighted by Crippen LogP contribution is -2.26. The predicted molar refractivity (Wildman–Crippen MR) is 47.4 cm³/mol. The molecule has 0 aromatic rings. The van der Waals surface area contributed by atoms with Crippen molar-refractivity contribution in [2.24, 2.45) is 0 Å². The molecule has 0 rings (SSSR count). The summed E-state index contributed by atoms with van der Waals surface area (Å²) in [5.41, 5.74) is 0. The quantitative estimate of drug-likeness (QED) is 0.581. The molecule has 12 heavy (non-hydrogen) atoms. The van der Waals surface area contributed by atoms with E-state index >= 15 is 0 Å². The van der Waals surface area contributed by atoms with Crippen LogP contribution in [0, 0.1) is 12.3 Å². The fourth-order valence-electron chi connectivity index (χ4n) is 0.738. The minimum atomic E-state index is -0.323. The highest BCUT2D eigenvalue weighted by atomic mass is 16.3. The van der Waals surface area contributed by atoms with Crippen molar-refractivity contribution >= 4 is 5.91 Å². The van der Waals surface area contributed by atoms with Crippen LogP contribution in [-0.2, 0) is 4.79 Å². The summed E-state index contributed by atoms with van der Waals surface area (Å²) in [6.07, 6.45) is 6.02. The summed E-state index contributed by atoms with van der Waals surface area (Å²) < 4.78 is 0. The number of amides is 1. The maximum Gasteiger partial charge on any atom is 0.232 e. The zero-order valence-corrected chi connectivity index (χ0v) is 7.34. The van der Waals surface area contributed by atoms with Gasteiger partial charge in [-0.2, -0.15) is 0 Å². The summed E-state index contributed by atoms with van der Waals surface area (Å²) >= 11 is 0. The van der Waals surface area contributed by atoms with Crippen LogP contribution in [0.4, 0.5) is 0 Å². The normalized spacial score (nSPS) is 11.8. The molecule has 0 aliphatic rings. The molecule has 0 aromatic heterocycles. The summed E-state index contributed by atoms with van der Waals surface area (Å²) in [6, 6.07) is 0. The van der Waals surface area contributed by atoms with Crippen molar-refractivity contribution < 1.29 is 9.90 Å². The van der Waals surface area contributed by atoms with Crippen molar-refractivity contribution in [1.29, 1.82) is 0 Å². The molecule has 1 unspecified atom stereocenters. The third-order valence-electron chi connectivity index (χ3n) is 1.53. The number of carbonyl (C=O) groups excluding carboxylic acids is 1. The Labute approximate surface area is 73.2 Å². The topological polar surface area (TPSA) is 49.3 Å². The van der Waals surface area contributed by atoms with E-state index < -0.39 is 0 Å². The van der Waals surface area contributed by atoms with Gasteiger partial charge in [0.25, 0.3) is 0 Å². The zero-order valence-electron chi connectivity index (χ0n) is 7.34. The van der Waals surface area contributed by atoms with Gasteiger partial charge in [0.1, 0.15) is 0 Å². The smallest absolute Gasteiger partial charge is 0.232 e. The highest BCUT2D eigenvalue weighted by molar-refractivity contribution is 5.78. The summed E-state index contributed by atoms with van der Waals surface area (Å²) in [5, 5.41) is 11.7. The number of aliphatic hydroxyl groups excluding tert-OH is 1. The summed E-state index contributed by atoms with van der Waals surface area (Å²) in [5.74, 6) is 2.09. The molecule has 0 aliphatic carbocycles. The maximum atomic E-state index is 10.8. The first-order valence-corrected chi connectivity index (χ1v) is 4.09. The van der Waals surface area contributed by atoms with E-state index in [0.717, 1.165) is 0 Å². The van der Waals surface area contributed by atoms with E-state index in [-0.39, 0.29) is 18.4 Å². The largest absolute Gasteiger partial charge is 0.393 e. The summed E-state index contributed by atoms with van der Waals surface area (Å²) in [6.45, 7) is 2.39. The summed E-state index contributed by atoms with van der Waals surface area (Å²) in [7, 11) is 0. The van der Waals surface area contributed by atoms with Crippen LogP contribution in [0.15, 0.2) is 0 Å².